The van der Waals surface area contributed by atoms with Gasteiger partial charge in [0.15, 0.2) is 0 Å². The molecule has 5 heteroatoms. The number of hydrogen-bond donors (Lipinski definition) is 1. The van der Waals surface area contributed by atoms with Crippen molar-refractivity contribution < 1.29 is 9.50 Å². The number of fused-ring (bicyclic) bond motifs is 1. The molecule has 1 aromatic heterocycles. The molecular weight excluding hydrogens is 273 g/mol. The molecule has 0 saturated carbocycles. The van der Waals surface area contributed by atoms with E-state index >= 15 is 0 Å². The molecule has 0 bridgehead atoms. The van der Waals surface area contributed by atoms with Crippen molar-refractivity contribution in [3.63, 3.8) is 0 Å². The summed E-state index contributed by atoms with van der Waals surface area (Å²) >= 11 is 7.19. The Hall–Kier alpha value is -1.65. The van der Waals surface area contributed by atoms with Crippen molar-refractivity contribution in [2.24, 2.45) is 0 Å². The third-order valence-corrected chi connectivity index (χ3v) is 3.83. The Balaban J connectivity index is 2.26. The van der Waals surface area contributed by atoms with Gasteiger partial charge in [0.1, 0.15) is 16.6 Å². The van der Waals surface area contributed by atoms with E-state index in [4.69, 9.17) is 11.6 Å². The summed E-state index contributed by atoms with van der Waals surface area (Å²) in [6.45, 7) is 0. The van der Waals surface area contributed by atoms with Gasteiger partial charge >= 0.3 is 0 Å². The van der Waals surface area contributed by atoms with Gasteiger partial charge in [0.05, 0.1) is 15.8 Å². The van der Waals surface area contributed by atoms with Crippen molar-refractivity contribution in [3.05, 3.63) is 47.2 Å². The topological polar surface area (TPSA) is 33.1 Å². The lowest BCUT2D eigenvalue weighted by Gasteiger charge is -2.01. The number of phenols is 1. The zero-order chi connectivity index (χ0) is 12.7. The van der Waals surface area contributed by atoms with Crippen LogP contribution in [0, 0.1) is 5.82 Å². The predicted molar refractivity (Wildman–Crippen MR) is 71.7 cm³/mol. The van der Waals surface area contributed by atoms with E-state index in [1.54, 1.807) is 18.2 Å². The first kappa shape index (κ1) is 11.4. The van der Waals surface area contributed by atoms with Crippen LogP contribution in [0.5, 0.6) is 5.75 Å². The van der Waals surface area contributed by atoms with Gasteiger partial charge in [-0.3, -0.25) is 0 Å². The Kier molecular flexibility index (Phi) is 2.69. The summed E-state index contributed by atoms with van der Waals surface area (Å²) in [6.07, 6.45) is 0. The van der Waals surface area contributed by atoms with Crippen LogP contribution in [0.2, 0.25) is 5.02 Å². The van der Waals surface area contributed by atoms with Crippen LogP contribution >= 0.6 is 22.9 Å². The number of aromatic hydroxyl groups is 1. The monoisotopic (exact) mass is 279 g/mol. The summed E-state index contributed by atoms with van der Waals surface area (Å²) in [5.41, 5.74) is 0.872. The van der Waals surface area contributed by atoms with Crippen LogP contribution in [0.15, 0.2) is 36.4 Å². The maximum atomic E-state index is 13.7. The summed E-state index contributed by atoms with van der Waals surface area (Å²) < 4.78 is 14.6. The molecule has 0 amide bonds. The van der Waals surface area contributed by atoms with E-state index in [0.717, 1.165) is 10.2 Å². The fourth-order valence-electron chi connectivity index (χ4n) is 1.73. The molecule has 2 nitrogen and oxygen atoms in total. The van der Waals surface area contributed by atoms with E-state index in [1.165, 1.54) is 29.5 Å². The van der Waals surface area contributed by atoms with Crippen molar-refractivity contribution in [2.75, 3.05) is 0 Å². The fraction of sp³-hybridized carbons (Fsp3) is 0. The summed E-state index contributed by atoms with van der Waals surface area (Å²) in [5.74, 6) is -0.597. The number of phenolic OH excluding ortho intramolecular Hbond substituents is 1. The van der Waals surface area contributed by atoms with Gasteiger partial charge in [-0.2, -0.15) is 0 Å². The van der Waals surface area contributed by atoms with Gasteiger partial charge in [-0.25, -0.2) is 9.37 Å². The summed E-state index contributed by atoms with van der Waals surface area (Å²) in [7, 11) is 0. The summed E-state index contributed by atoms with van der Waals surface area (Å²) in [6, 6.07) is 9.48. The quantitative estimate of drug-likeness (QED) is 0.713. The second kappa shape index (κ2) is 4.23. The lowest BCUT2D eigenvalue weighted by Crippen LogP contribution is -1.83. The molecule has 3 rings (SSSR count). The lowest BCUT2D eigenvalue weighted by molar-refractivity contribution is 0.472. The number of aromatic nitrogens is 1. The first-order chi connectivity index (χ1) is 8.65. The molecule has 90 valence electrons. The second-order valence-electron chi connectivity index (χ2n) is 3.77. The third kappa shape index (κ3) is 1.83. The highest BCUT2D eigenvalue weighted by Crippen LogP contribution is 2.37. The number of benzene rings is 2. The van der Waals surface area contributed by atoms with Crippen LogP contribution in [0.25, 0.3) is 20.8 Å². The number of nitrogens with zero attached hydrogens (tertiary/aromatic N) is 1. The van der Waals surface area contributed by atoms with Gasteiger partial charge in [0.2, 0.25) is 0 Å². The number of halogens is 2. The normalized spacial score (nSPS) is 11.0. The number of thiazole rings is 1. The second-order valence-corrected chi connectivity index (χ2v) is 5.23. The summed E-state index contributed by atoms with van der Waals surface area (Å²) in [5, 5.41) is 10.8. The highest BCUT2D eigenvalue weighted by Gasteiger charge is 2.14. The molecule has 0 saturated heterocycles. The molecule has 0 unspecified atom stereocenters. The van der Waals surface area contributed by atoms with E-state index in [-0.39, 0.29) is 11.3 Å². The Labute approximate surface area is 111 Å². The molecule has 0 aliphatic heterocycles. The van der Waals surface area contributed by atoms with Crippen molar-refractivity contribution in [2.45, 2.75) is 0 Å². The van der Waals surface area contributed by atoms with Crippen LogP contribution in [-0.4, -0.2) is 10.1 Å². The maximum absolute atomic E-state index is 13.7. The fourth-order valence-corrected chi connectivity index (χ4v) is 3.03. The predicted octanol–water partition coefficient (Wildman–Crippen LogP) is 4.46. The molecule has 0 aliphatic rings. The highest BCUT2D eigenvalue weighted by atomic mass is 35.5. The third-order valence-electron chi connectivity index (χ3n) is 2.56. The first-order valence-corrected chi connectivity index (χ1v) is 6.38. The minimum Gasteiger partial charge on any atom is -0.507 e. The van der Waals surface area contributed by atoms with Gasteiger partial charge in [-0.05, 0) is 30.3 Å². The highest BCUT2D eigenvalue weighted by molar-refractivity contribution is 7.21. The number of hydrogen-bond acceptors (Lipinski definition) is 3. The minimum atomic E-state index is -0.486. The zero-order valence-corrected chi connectivity index (χ0v) is 10.6. The SMILES string of the molecule is Oc1cccc(F)c1-c1nc2ccc(Cl)cc2s1. The Morgan fingerprint density at radius 1 is 1.22 bits per heavy atom. The van der Waals surface area contributed by atoms with Gasteiger partial charge in [-0.1, -0.05) is 17.7 Å². The molecule has 3 aromatic rings. The molecule has 1 heterocycles. The molecule has 0 atom stereocenters. The summed E-state index contributed by atoms with van der Waals surface area (Å²) in [4.78, 5) is 4.31. The average molecular weight is 280 g/mol. The average Bonchev–Trinajstić information content (AvgIpc) is 2.71. The van der Waals surface area contributed by atoms with Crippen LogP contribution in [0.3, 0.4) is 0 Å². The van der Waals surface area contributed by atoms with Crippen LogP contribution < -0.4 is 0 Å². The van der Waals surface area contributed by atoms with Crippen molar-refractivity contribution >= 4 is 33.2 Å². The van der Waals surface area contributed by atoms with E-state index in [9.17, 15) is 9.50 Å². The van der Waals surface area contributed by atoms with E-state index in [2.05, 4.69) is 4.98 Å². The smallest absolute Gasteiger partial charge is 0.137 e. The van der Waals surface area contributed by atoms with Crippen molar-refractivity contribution in [1.82, 2.24) is 4.98 Å². The molecule has 1 N–H and O–H groups in total. The van der Waals surface area contributed by atoms with Crippen LogP contribution in [0.1, 0.15) is 0 Å². The van der Waals surface area contributed by atoms with E-state index in [1.807, 2.05) is 0 Å². The van der Waals surface area contributed by atoms with Crippen molar-refractivity contribution in [3.8, 4) is 16.3 Å². The van der Waals surface area contributed by atoms with Gasteiger partial charge in [0.25, 0.3) is 0 Å². The first-order valence-electron chi connectivity index (χ1n) is 5.19. The Morgan fingerprint density at radius 3 is 2.83 bits per heavy atom. The molecular formula is C13H7ClFNOS. The minimum absolute atomic E-state index is 0.111. The van der Waals surface area contributed by atoms with Gasteiger partial charge in [-0.15, -0.1) is 11.3 Å². The van der Waals surface area contributed by atoms with Crippen molar-refractivity contribution in [1.29, 1.82) is 0 Å². The molecule has 0 aliphatic carbocycles. The zero-order valence-electron chi connectivity index (χ0n) is 9.02. The van der Waals surface area contributed by atoms with Gasteiger partial charge < -0.3 is 5.11 Å². The van der Waals surface area contributed by atoms with Crippen LogP contribution in [0.4, 0.5) is 4.39 Å². The van der Waals surface area contributed by atoms with Crippen LogP contribution in [-0.2, 0) is 0 Å². The largest absolute Gasteiger partial charge is 0.507 e. The molecule has 2 aromatic carbocycles. The Morgan fingerprint density at radius 2 is 2.06 bits per heavy atom. The molecule has 0 fully saturated rings. The Bertz CT molecular complexity index is 721. The lowest BCUT2D eigenvalue weighted by atomic mass is 10.2. The standard InChI is InChI=1S/C13H7ClFNOS/c14-7-4-5-9-11(6-7)18-13(16-9)12-8(15)2-1-3-10(12)17/h1-6,17H. The molecule has 18 heavy (non-hydrogen) atoms. The van der Waals surface area contributed by atoms with E-state index < -0.39 is 5.82 Å². The maximum Gasteiger partial charge on any atom is 0.137 e. The molecule has 0 radical (unpaired) electrons. The number of rotatable bonds is 1. The molecule has 0 spiro atoms. The van der Waals surface area contributed by atoms with E-state index in [0.29, 0.717) is 10.0 Å². The van der Waals surface area contributed by atoms with Gasteiger partial charge in [0, 0.05) is 5.02 Å².